The van der Waals surface area contributed by atoms with Crippen molar-refractivity contribution in [2.45, 2.75) is 32.6 Å². The van der Waals surface area contributed by atoms with E-state index in [1.165, 1.54) is 11.8 Å². The number of para-hydroxylation sites is 1. The fourth-order valence-electron chi connectivity index (χ4n) is 3.41. The van der Waals surface area contributed by atoms with Crippen molar-refractivity contribution in [3.05, 3.63) is 48.5 Å². The maximum Gasteiger partial charge on any atom is 0.403 e. The zero-order valence-corrected chi connectivity index (χ0v) is 19.5. The van der Waals surface area contributed by atoms with Crippen molar-refractivity contribution in [1.29, 1.82) is 0 Å². The highest BCUT2D eigenvalue weighted by Crippen LogP contribution is 2.25. The lowest BCUT2D eigenvalue weighted by molar-refractivity contribution is -0.181. The highest BCUT2D eigenvalue weighted by Gasteiger charge is 2.41. The second kappa shape index (κ2) is 11.0. The molecule has 0 spiro atoms. The van der Waals surface area contributed by atoms with E-state index in [2.05, 4.69) is 10.3 Å². The Labute approximate surface area is 192 Å². The van der Waals surface area contributed by atoms with Crippen LogP contribution >= 0.6 is 24.0 Å². The summed E-state index contributed by atoms with van der Waals surface area (Å²) in [5, 5.41) is 3.27. The summed E-state index contributed by atoms with van der Waals surface area (Å²) in [6.45, 7) is 6.11. The minimum absolute atomic E-state index is 0. The molecule has 1 fully saturated rings. The summed E-state index contributed by atoms with van der Waals surface area (Å²) in [5.41, 5.74) is 2.05. The van der Waals surface area contributed by atoms with Gasteiger partial charge in [-0.2, -0.15) is 13.2 Å². The first-order valence-electron chi connectivity index (χ1n) is 9.80. The number of aromatic nitrogens is 2. The van der Waals surface area contributed by atoms with Crippen molar-refractivity contribution < 1.29 is 13.2 Å². The van der Waals surface area contributed by atoms with Gasteiger partial charge >= 0.3 is 6.18 Å². The lowest BCUT2D eigenvalue weighted by Gasteiger charge is -2.39. The molecule has 1 atom stereocenters. The molecule has 1 aliphatic heterocycles. The largest absolute Gasteiger partial charge is 0.403 e. The highest BCUT2D eigenvalue weighted by molar-refractivity contribution is 14.0. The summed E-state index contributed by atoms with van der Waals surface area (Å²) in [5.74, 6) is 0.729. The molecule has 1 aliphatic rings. The summed E-state index contributed by atoms with van der Waals surface area (Å²) in [6, 6.07) is 6.54. The number of nitrogens with one attached hydrogen (secondary N) is 1. The van der Waals surface area contributed by atoms with Crippen LogP contribution in [0.15, 0.2) is 48.0 Å². The van der Waals surface area contributed by atoms with Crippen molar-refractivity contribution in [2.75, 3.05) is 32.7 Å². The zero-order valence-electron chi connectivity index (χ0n) is 17.1. The van der Waals surface area contributed by atoms with Crippen LogP contribution in [0.1, 0.15) is 19.4 Å². The van der Waals surface area contributed by atoms with Gasteiger partial charge in [0.15, 0.2) is 5.96 Å². The Morgan fingerprint density at radius 1 is 1.20 bits per heavy atom. The van der Waals surface area contributed by atoms with Gasteiger partial charge in [0.2, 0.25) is 0 Å². The molecule has 0 amide bonds. The van der Waals surface area contributed by atoms with Crippen molar-refractivity contribution >= 4 is 29.9 Å². The molecule has 0 bridgehead atoms. The van der Waals surface area contributed by atoms with E-state index in [1.807, 2.05) is 46.9 Å². The third-order valence-corrected chi connectivity index (χ3v) is 5.14. The first kappa shape index (κ1) is 24.4. The number of benzene rings is 1. The van der Waals surface area contributed by atoms with Gasteiger partial charge in [0.05, 0.1) is 18.6 Å². The smallest absolute Gasteiger partial charge is 0.357 e. The number of piperazine rings is 1. The number of nitrogens with zero attached hydrogens (tertiary/aromatic N) is 5. The van der Waals surface area contributed by atoms with E-state index in [9.17, 15) is 13.2 Å². The molecule has 2 heterocycles. The summed E-state index contributed by atoms with van der Waals surface area (Å²) in [7, 11) is 0. The monoisotopic (exact) mass is 536 g/mol. The van der Waals surface area contributed by atoms with Crippen LogP contribution in [0, 0.1) is 0 Å². The standard InChI is InChI=1S/C20H27F3N6.HI/c1-3-25-19(28-12-10-27(11-13-28)16(2)20(21,22)23)26-14-17-6-4-5-7-18(17)29-9-8-24-15-29;/h4-9,15-16H,3,10-14H2,1-2H3,(H,25,26);1H. The average Bonchev–Trinajstić information content (AvgIpc) is 3.25. The molecule has 0 saturated carbocycles. The molecule has 2 aromatic rings. The molecule has 3 rings (SSSR count). The quantitative estimate of drug-likeness (QED) is 0.361. The van der Waals surface area contributed by atoms with Crippen molar-refractivity contribution in [3.63, 3.8) is 0 Å². The highest BCUT2D eigenvalue weighted by atomic mass is 127. The van der Waals surface area contributed by atoms with Gasteiger partial charge in [0.25, 0.3) is 0 Å². The number of halogens is 4. The van der Waals surface area contributed by atoms with Crippen LogP contribution in [0.4, 0.5) is 13.2 Å². The molecule has 1 aromatic carbocycles. The molecule has 166 valence electrons. The third kappa shape index (κ3) is 6.10. The van der Waals surface area contributed by atoms with Gasteiger partial charge in [-0.05, 0) is 25.5 Å². The van der Waals surface area contributed by atoms with Crippen LogP contribution in [0.5, 0.6) is 0 Å². The maximum atomic E-state index is 13.0. The number of hydrogen-bond acceptors (Lipinski definition) is 3. The number of guanidine groups is 1. The van der Waals surface area contributed by atoms with Crippen molar-refractivity contribution in [1.82, 2.24) is 24.7 Å². The molecular weight excluding hydrogens is 508 g/mol. The number of alkyl halides is 3. The van der Waals surface area contributed by atoms with Crippen molar-refractivity contribution in [3.8, 4) is 5.69 Å². The Hall–Kier alpha value is -1.82. The molecule has 0 aliphatic carbocycles. The Balaban J connectivity index is 0.00000320. The van der Waals surface area contributed by atoms with Gasteiger partial charge in [-0.3, -0.25) is 4.90 Å². The Bertz CT molecular complexity index is 801. The van der Waals surface area contributed by atoms with Crippen LogP contribution in [-0.2, 0) is 6.54 Å². The maximum absolute atomic E-state index is 13.0. The molecular formula is C20H28F3IN6. The van der Waals surface area contributed by atoms with Gasteiger partial charge < -0.3 is 14.8 Å². The van der Waals surface area contributed by atoms with Crippen LogP contribution in [0.2, 0.25) is 0 Å². The third-order valence-electron chi connectivity index (χ3n) is 5.14. The molecule has 1 unspecified atom stereocenters. The lowest BCUT2D eigenvalue weighted by atomic mass is 10.2. The number of aliphatic imine (C=N–C) groups is 1. The fourth-order valence-corrected chi connectivity index (χ4v) is 3.41. The average molecular weight is 536 g/mol. The lowest BCUT2D eigenvalue weighted by Crippen LogP contribution is -2.56. The first-order chi connectivity index (χ1) is 13.9. The second-order valence-corrected chi connectivity index (χ2v) is 7.01. The predicted octanol–water partition coefficient (Wildman–Crippen LogP) is 3.52. The normalized spacial score (nSPS) is 16.8. The number of rotatable bonds is 5. The van der Waals surface area contributed by atoms with Gasteiger partial charge in [0, 0.05) is 45.1 Å². The topological polar surface area (TPSA) is 48.7 Å². The van der Waals surface area contributed by atoms with Gasteiger partial charge in [-0.25, -0.2) is 9.98 Å². The Morgan fingerprint density at radius 2 is 1.90 bits per heavy atom. The second-order valence-electron chi connectivity index (χ2n) is 7.01. The van der Waals surface area contributed by atoms with Gasteiger partial charge in [0.1, 0.15) is 6.04 Å². The molecule has 10 heteroatoms. The SMILES string of the molecule is CCNC(=NCc1ccccc1-n1ccnc1)N1CCN(C(C)C(F)(F)F)CC1.I. The molecule has 0 radical (unpaired) electrons. The van der Waals surface area contributed by atoms with E-state index < -0.39 is 12.2 Å². The Kier molecular flexibility index (Phi) is 8.95. The van der Waals surface area contributed by atoms with Gasteiger partial charge in [-0.1, -0.05) is 18.2 Å². The van der Waals surface area contributed by atoms with E-state index >= 15 is 0 Å². The first-order valence-corrected chi connectivity index (χ1v) is 9.80. The Morgan fingerprint density at radius 3 is 2.50 bits per heavy atom. The zero-order chi connectivity index (χ0) is 20.9. The van der Waals surface area contributed by atoms with E-state index in [4.69, 9.17) is 4.99 Å². The van der Waals surface area contributed by atoms with Crippen LogP contribution < -0.4 is 5.32 Å². The molecule has 30 heavy (non-hydrogen) atoms. The van der Waals surface area contributed by atoms with E-state index in [1.54, 1.807) is 12.5 Å². The van der Waals surface area contributed by atoms with E-state index in [0.29, 0.717) is 39.3 Å². The van der Waals surface area contributed by atoms with Crippen molar-refractivity contribution in [2.24, 2.45) is 4.99 Å². The van der Waals surface area contributed by atoms with Gasteiger partial charge in [-0.15, -0.1) is 24.0 Å². The molecule has 1 aromatic heterocycles. The predicted molar refractivity (Wildman–Crippen MR) is 122 cm³/mol. The van der Waals surface area contributed by atoms with Crippen LogP contribution in [-0.4, -0.2) is 70.3 Å². The number of hydrogen-bond donors (Lipinski definition) is 1. The summed E-state index contributed by atoms with van der Waals surface area (Å²) < 4.78 is 40.9. The van der Waals surface area contributed by atoms with Crippen LogP contribution in [0.25, 0.3) is 5.69 Å². The molecule has 6 nitrogen and oxygen atoms in total. The minimum Gasteiger partial charge on any atom is -0.357 e. The summed E-state index contributed by atoms with van der Waals surface area (Å²) in [6.07, 6.45) is 1.16. The summed E-state index contributed by atoms with van der Waals surface area (Å²) in [4.78, 5) is 12.4. The summed E-state index contributed by atoms with van der Waals surface area (Å²) >= 11 is 0. The number of imidazole rings is 1. The molecule has 1 saturated heterocycles. The molecule has 1 N–H and O–H groups in total. The van der Waals surface area contributed by atoms with E-state index in [0.717, 1.165) is 17.2 Å². The van der Waals surface area contributed by atoms with Crippen LogP contribution in [0.3, 0.4) is 0 Å². The van der Waals surface area contributed by atoms with E-state index in [-0.39, 0.29) is 24.0 Å². The minimum atomic E-state index is -4.20. The fraction of sp³-hybridized carbons (Fsp3) is 0.500.